The van der Waals surface area contributed by atoms with Gasteiger partial charge in [-0.25, -0.2) is 9.97 Å². The van der Waals surface area contributed by atoms with Crippen LogP contribution in [0, 0.1) is 0 Å². The van der Waals surface area contributed by atoms with E-state index in [1.807, 2.05) is 12.3 Å². The van der Waals surface area contributed by atoms with Crippen LogP contribution in [0.4, 0.5) is 11.6 Å². The minimum absolute atomic E-state index is 0.805. The average molecular weight is 311 g/mol. The van der Waals surface area contributed by atoms with E-state index in [9.17, 15) is 0 Å². The fourth-order valence-corrected chi connectivity index (χ4v) is 2.42. The van der Waals surface area contributed by atoms with Crippen molar-refractivity contribution < 1.29 is 0 Å². The van der Waals surface area contributed by atoms with E-state index >= 15 is 0 Å². The fourth-order valence-electron chi connectivity index (χ4n) is 2.04. The van der Waals surface area contributed by atoms with Crippen LogP contribution in [0.15, 0.2) is 11.2 Å². The molecule has 1 aromatic rings. The Balaban J connectivity index is 2.56. The van der Waals surface area contributed by atoms with E-state index in [0.29, 0.717) is 0 Å². The van der Waals surface area contributed by atoms with E-state index in [1.165, 1.54) is 6.42 Å². The van der Waals surface area contributed by atoms with E-state index in [4.69, 9.17) is 0 Å². The number of nitrogens with zero attached hydrogens (tertiary/aromatic N) is 3. The van der Waals surface area contributed by atoms with Crippen molar-refractivity contribution in [3.63, 3.8) is 0 Å². The van der Waals surface area contributed by atoms with Gasteiger partial charge in [-0.3, -0.25) is 0 Å². The third kappa shape index (κ3) is 7.00. The van der Waals surface area contributed by atoms with Gasteiger partial charge in [0, 0.05) is 25.7 Å². The van der Waals surface area contributed by atoms with Crippen LogP contribution in [0.5, 0.6) is 0 Å². The first-order chi connectivity index (χ1) is 10.2. The standard InChI is InChI=1S/C15H29N5S/c1-5-8-16-13-12-14(19-15(18-13)21-4)17-9-11-20(7-3)10-6-2/h12H,5-11H2,1-4H3,(H2,16,17,18,19). The summed E-state index contributed by atoms with van der Waals surface area (Å²) in [6, 6.07) is 1.99. The number of anilines is 2. The molecule has 0 saturated carbocycles. The molecule has 1 heterocycles. The number of hydrogen-bond acceptors (Lipinski definition) is 6. The summed E-state index contributed by atoms with van der Waals surface area (Å²) in [5.41, 5.74) is 0. The highest BCUT2D eigenvalue weighted by atomic mass is 32.2. The zero-order valence-corrected chi connectivity index (χ0v) is 14.6. The smallest absolute Gasteiger partial charge is 0.191 e. The highest BCUT2D eigenvalue weighted by Gasteiger charge is 2.05. The molecule has 0 spiro atoms. The lowest BCUT2D eigenvalue weighted by atomic mass is 10.4. The van der Waals surface area contributed by atoms with Gasteiger partial charge in [-0.2, -0.15) is 0 Å². The number of thioether (sulfide) groups is 1. The van der Waals surface area contributed by atoms with Gasteiger partial charge < -0.3 is 15.5 Å². The molecule has 0 saturated heterocycles. The van der Waals surface area contributed by atoms with Gasteiger partial charge in [-0.15, -0.1) is 0 Å². The summed E-state index contributed by atoms with van der Waals surface area (Å²) in [6.45, 7) is 11.7. The predicted molar refractivity (Wildman–Crippen MR) is 93.5 cm³/mol. The SMILES string of the molecule is CCCNc1cc(NCCN(CC)CCC)nc(SC)n1. The molecule has 21 heavy (non-hydrogen) atoms. The van der Waals surface area contributed by atoms with Crippen molar-refractivity contribution in [2.45, 2.75) is 38.8 Å². The summed E-state index contributed by atoms with van der Waals surface area (Å²) in [4.78, 5) is 11.4. The predicted octanol–water partition coefficient (Wildman–Crippen LogP) is 3.16. The molecule has 0 unspecified atom stereocenters. The van der Waals surface area contributed by atoms with Crippen molar-refractivity contribution in [1.82, 2.24) is 14.9 Å². The molecule has 2 N–H and O–H groups in total. The van der Waals surface area contributed by atoms with Crippen LogP contribution in [0.1, 0.15) is 33.6 Å². The maximum Gasteiger partial charge on any atom is 0.191 e. The van der Waals surface area contributed by atoms with E-state index in [0.717, 1.165) is 55.9 Å². The molecule has 0 bridgehead atoms. The zero-order valence-electron chi connectivity index (χ0n) is 13.8. The van der Waals surface area contributed by atoms with Gasteiger partial charge in [0.25, 0.3) is 0 Å². The van der Waals surface area contributed by atoms with Crippen molar-refractivity contribution in [1.29, 1.82) is 0 Å². The minimum atomic E-state index is 0.805. The lowest BCUT2D eigenvalue weighted by Gasteiger charge is -2.19. The Bertz CT molecular complexity index is 400. The van der Waals surface area contributed by atoms with Crippen LogP contribution in [0.2, 0.25) is 0 Å². The molecule has 5 nitrogen and oxygen atoms in total. The molecule has 1 aromatic heterocycles. The lowest BCUT2D eigenvalue weighted by Crippen LogP contribution is -2.29. The van der Waals surface area contributed by atoms with Gasteiger partial charge in [-0.05, 0) is 32.2 Å². The third-order valence-corrected chi connectivity index (χ3v) is 3.71. The van der Waals surface area contributed by atoms with Crippen molar-refractivity contribution in [2.24, 2.45) is 0 Å². The summed E-state index contributed by atoms with van der Waals surface area (Å²) in [7, 11) is 0. The molecular weight excluding hydrogens is 282 g/mol. The first-order valence-electron chi connectivity index (χ1n) is 7.86. The minimum Gasteiger partial charge on any atom is -0.370 e. The molecule has 0 aromatic carbocycles. The molecule has 0 amide bonds. The van der Waals surface area contributed by atoms with Crippen molar-refractivity contribution >= 4 is 23.4 Å². The first-order valence-corrected chi connectivity index (χ1v) is 9.09. The van der Waals surface area contributed by atoms with Crippen molar-refractivity contribution in [3.05, 3.63) is 6.07 Å². The van der Waals surface area contributed by atoms with Crippen LogP contribution in [-0.4, -0.2) is 53.8 Å². The van der Waals surface area contributed by atoms with E-state index in [2.05, 4.69) is 46.3 Å². The van der Waals surface area contributed by atoms with Crippen LogP contribution in [0.25, 0.3) is 0 Å². The second-order valence-corrected chi connectivity index (χ2v) is 5.69. The summed E-state index contributed by atoms with van der Waals surface area (Å²) >= 11 is 1.57. The second kappa shape index (κ2) is 10.7. The molecule has 1 rings (SSSR count). The highest BCUT2D eigenvalue weighted by molar-refractivity contribution is 7.98. The molecule has 0 aliphatic carbocycles. The fraction of sp³-hybridized carbons (Fsp3) is 0.733. The molecule has 0 aliphatic rings. The Kier molecular flexibility index (Phi) is 9.17. The molecule has 0 atom stereocenters. The molecular formula is C15H29N5S. The van der Waals surface area contributed by atoms with Crippen LogP contribution < -0.4 is 10.6 Å². The van der Waals surface area contributed by atoms with E-state index in [1.54, 1.807) is 11.8 Å². The van der Waals surface area contributed by atoms with Gasteiger partial charge in [0.15, 0.2) is 5.16 Å². The maximum absolute atomic E-state index is 4.51. The summed E-state index contributed by atoms with van der Waals surface area (Å²) in [5.74, 6) is 1.81. The normalized spacial score (nSPS) is 10.9. The van der Waals surface area contributed by atoms with Gasteiger partial charge in [0.2, 0.25) is 0 Å². The highest BCUT2D eigenvalue weighted by Crippen LogP contribution is 2.17. The topological polar surface area (TPSA) is 53.1 Å². The Hall–Kier alpha value is -1.01. The first kappa shape index (κ1) is 18.0. The largest absolute Gasteiger partial charge is 0.370 e. The molecule has 6 heteroatoms. The number of hydrogen-bond donors (Lipinski definition) is 2. The van der Waals surface area contributed by atoms with Gasteiger partial charge in [-0.1, -0.05) is 32.5 Å². The summed E-state index contributed by atoms with van der Waals surface area (Å²) in [6.07, 6.45) is 4.29. The third-order valence-electron chi connectivity index (χ3n) is 3.17. The Morgan fingerprint density at radius 2 is 1.67 bits per heavy atom. The van der Waals surface area contributed by atoms with Crippen LogP contribution in [-0.2, 0) is 0 Å². The average Bonchev–Trinajstić information content (AvgIpc) is 2.51. The Labute approximate surface area is 133 Å². The zero-order chi connectivity index (χ0) is 15.5. The Morgan fingerprint density at radius 3 is 2.19 bits per heavy atom. The van der Waals surface area contributed by atoms with Crippen molar-refractivity contribution in [2.75, 3.05) is 49.6 Å². The van der Waals surface area contributed by atoms with Gasteiger partial charge >= 0.3 is 0 Å². The molecule has 0 fully saturated rings. The van der Waals surface area contributed by atoms with E-state index < -0.39 is 0 Å². The molecule has 0 aliphatic heterocycles. The summed E-state index contributed by atoms with van der Waals surface area (Å²) < 4.78 is 0. The van der Waals surface area contributed by atoms with Crippen LogP contribution >= 0.6 is 11.8 Å². The number of likely N-dealkylation sites (N-methyl/N-ethyl adjacent to an activating group) is 1. The Morgan fingerprint density at radius 1 is 1.00 bits per heavy atom. The molecule has 120 valence electrons. The van der Waals surface area contributed by atoms with E-state index in [-0.39, 0.29) is 0 Å². The lowest BCUT2D eigenvalue weighted by molar-refractivity contribution is 0.300. The number of nitrogens with one attached hydrogen (secondary N) is 2. The molecule has 0 radical (unpaired) electrons. The maximum atomic E-state index is 4.51. The van der Waals surface area contributed by atoms with Crippen molar-refractivity contribution in [3.8, 4) is 0 Å². The van der Waals surface area contributed by atoms with Crippen LogP contribution in [0.3, 0.4) is 0 Å². The van der Waals surface area contributed by atoms with Gasteiger partial charge in [0.1, 0.15) is 11.6 Å². The number of rotatable bonds is 11. The quantitative estimate of drug-likeness (QED) is 0.483. The summed E-state index contributed by atoms with van der Waals surface area (Å²) in [5, 5.41) is 7.54. The van der Waals surface area contributed by atoms with Gasteiger partial charge in [0.05, 0.1) is 0 Å². The number of aromatic nitrogens is 2. The second-order valence-electron chi connectivity index (χ2n) is 4.91. The monoisotopic (exact) mass is 311 g/mol.